The van der Waals surface area contributed by atoms with Crippen molar-refractivity contribution in [3.8, 4) is 23.1 Å². The van der Waals surface area contributed by atoms with Crippen LogP contribution >= 0.6 is 0 Å². The highest BCUT2D eigenvalue weighted by atomic mass is 16.7. The minimum absolute atomic E-state index is 0.0212. The molecule has 0 saturated carbocycles. The van der Waals surface area contributed by atoms with E-state index in [1.165, 1.54) is 4.68 Å². The van der Waals surface area contributed by atoms with Crippen LogP contribution in [0.1, 0.15) is 21.7 Å². The molecular formula is C21H18N8O5. The number of nitrogens with two attached hydrogens (primary N) is 1. The summed E-state index contributed by atoms with van der Waals surface area (Å²) >= 11 is 0. The predicted octanol–water partition coefficient (Wildman–Crippen LogP) is 1.45. The number of nitrogen functional groups attached to an aromatic ring is 1. The summed E-state index contributed by atoms with van der Waals surface area (Å²) in [5, 5.41) is 15.2. The number of para-hydroxylation sites is 1. The van der Waals surface area contributed by atoms with Gasteiger partial charge in [-0.25, -0.2) is 4.63 Å². The van der Waals surface area contributed by atoms with Crippen LogP contribution in [0.5, 0.6) is 17.2 Å². The topological polar surface area (TPSA) is 164 Å². The van der Waals surface area contributed by atoms with Crippen molar-refractivity contribution in [1.82, 2.24) is 36.2 Å². The number of hydrogen-bond acceptors (Lipinski definition) is 11. The number of benzene rings is 2. The van der Waals surface area contributed by atoms with Crippen molar-refractivity contribution >= 4 is 17.4 Å². The van der Waals surface area contributed by atoms with Gasteiger partial charge in [0.05, 0.1) is 5.70 Å². The van der Waals surface area contributed by atoms with E-state index < -0.39 is 5.91 Å². The van der Waals surface area contributed by atoms with Gasteiger partial charge in [0.2, 0.25) is 18.4 Å². The van der Waals surface area contributed by atoms with Crippen molar-refractivity contribution in [3.05, 3.63) is 72.1 Å². The number of carbonyl (C=O) groups is 1. The summed E-state index contributed by atoms with van der Waals surface area (Å²) in [5.74, 6) is 1.29. The minimum Gasteiger partial charge on any atom is -0.487 e. The van der Waals surface area contributed by atoms with Gasteiger partial charge in [0, 0.05) is 5.56 Å². The number of aromatic nitrogens is 5. The zero-order valence-electron chi connectivity index (χ0n) is 17.6. The summed E-state index contributed by atoms with van der Waals surface area (Å²) in [4.78, 5) is 12.9. The Hall–Kier alpha value is -5.07. The Kier molecular flexibility index (Phi) is 5.40. The lowest BCUT2D eigenvalue weighted by Gasteiger charge is -2.12. The molecule has 1 aliphatic heterocycles. The van der Waals surface area contributed by atoms with E-state index in [2.05, 4.69) is 42.7 Å². The van der Waals surface area contributed by atoms with Gasteiger partial charge >= 0.3 is 0 Å². The lowest BCUT2D eigenvalue weighted by molar-refractivity contribution is 0.0934. The van der Waals surface area contributed by atoms with E-state index >= 15 is 0 Å². The number of hydrazine groups is 1. The molecule has 2 aromatic heterocycles. The normalized spacial score (nSPS) is 11.8. The summed E-state index contributed by atoms with van der Waals surface area (Å²) in [6.45, 7) is 4.03. The van der Waals surface area contributed by atoms with Crippen LogP contribution in [-0.4, -0.2) is 38.0 Å². The van der Waals surface area contributed by atoms with E-state index in [0.717, 1.165) is 0 Å². The van der Waals surface area contributed by atoms with Crippen LogP contribution in [0.3, 0.4) is 0 Å². The van der Waals surface area contributed by atoms with Crippen molar-refractivity contribution in [2.45, 2.75) is 6.61 Å². The highest BCUT2D eigenvalue weighted by molar-refractivity contribution is 5.93. The maximum absolute atomic E-state index is 12.9. The molecule has 4 N–H and O–H groups in total. The molecule has 13 heteroatoms. The van der Waals surface area contributed by atoms with Crippen molar-refractivity contribution in [3.63, 3.8) is 0 Å². The summed E-state index contributed by atoms with van der Waals surface area (Å²) in [6.07, 6.45) is 0. The molecule has 0 atom stereocenters. The Balaban J connectivity index is 1.34. The molecule has 0 unspecified atom stereocenters. The number of fused-ring (bicyclic) bond motifs is 1. The Morgan fingerprint density at radius 3 is 2.74 bits per heavy atom. The molecule has 0 saturated heterocycles. The maximum Gasteiger partial charge on any atom is 0.292 e. The van der Waals surface area contributed by atoms with E-state index in [1.54, 1.807) is 30.3 Å². The fourth-order valence-corrected chi connectivity index (χ4v) is 3.13. The number of carbonyl (C=O) groups excluding carboxylic acids is 1. The first-order valence-electron chi connectivity index (χ1n) is 9.96. The Morgan fingerprint density at radius 2 is 1.94 bits per heavy atom. The number of rotatable bonds is 8. The third-order valence-electron chi connectivity index (χ3n) is 4.84. The van der Waals surface area contributed by atoms with Crippen molar-refractivity contribution in [2.75, 3.05) is 12.5 Å². The zero-order chi connectivity index (χ0) is 23.5. The predicted molar refractivity (Wildman–Crippen MR) is 117 cm³/mol. The smallest absolute Gasteiger partial charge is 0.292 e. The van der Waals surface area contributed by atoms with Crippen LogP contribution in [0.4, 0.5) is 5.82 Å². The number of amides is 1. The summed E-state index contributed by atoms with van der Waals surface area (Å²) in [5.41, 5.74) is 12.5. The third kappa shape index (κ3) is 4.04. The lowest BCUT2D eigenvalue weighted by Crippen LogP contribution is -2.36. The maximum atomic E-state index is 12.9. The van der Waals surface area contributed by atoms with E-state index in [-0.39, 0.29) is 36.4 Å². The molecule has 172 valence electrons. The van der Waals surface area contributed by atoms with Crippen molar-refractivity contribution < 1.29 is 23.6 Å². The van der Waals surface area contributed by atoms with Gasteiger partial charge < -0.3 is 19.9 Å². The molecule has 0 fully saturated rings. The second-order valence-corrected chi connectivity index (χ2v) is 7.00. The fourth-order valence-electron chi connectivity index (χ4n) is 3.13. The van der Waals surface area contributed by atoms with Crippen LogP contribution in [-0.2, 0) is 6.61 Å². The first-order chi connectivity index (χ1) is 16.6. The molecule has 0 spiro atoms. The monoisotopic (exact) mass is 462 g/mol. The first-order valence-corrected chi connectivity index (χ1v) is 9.96. The molecule has 13 nitrogen and oxygen atoms in total. The standard InChI is InChI=1S/C21H18N8O5/c1-12(13-7-8-16-17(9-13)33-11-32-16)23-25-21(30)18-15(10-31-14-5-3-2-4-6-14)29(28-24-18)20-19(22)26-34-27-20/h2-9,23H,1,10-11H2,(H2,22,26)(H,25,30). The average molecular weight is 462 g/mol. The van der Waals surface area contributed by atoms with Gasteiger partial charge in [-0.05, 0) is 40.6 Å². The van der Waals surface area contributed by atoms with Crippen LogP contribution in [0.2, 0.25) is 0 Å². The fraction of sp³-hybridized carbons (Fsp3) is 0.0952. The Labute approximate surface area is 192 Å². The molecule has 0 bridgehead atoms. The highest BCUT2D eigenvalue weighted by Crippen LogP contribution is 2.33. The first kappa shape index (κ1) is 20.8. The molecule has 0 radical (unpaired) electrons. The molecule has 1 aliphatic rings. The second-order valence-electron chi connectivity index (χ2n) is 7.00. The van der Waals surface area contributed by atoms with Crippen LogP contribution in [0, 0.1) is 0 Å². The lowest BCUT2D eigenvalue weighted by atomic mass is 10.1. The van der Waals surface area contributed by atoms with Gasteiger partial charge in [-0.15, -0.1) is 5.10 Å². The van der Waals surface area contributed by atoms with Gasteiger partial charge in [0.25, 0.3) is 5.91 Å². The molecule has 0 aliphatic carbocycles. The number of ether oxygens (including phenoxy) is 3. The Morgan fingerprint density at radius 1 is 1.12 bits per heavy atom. The quantitative estimate of drug-likeness (QED) is 0.325. The summed E-state index contributed by atoms with van der Waals surface area (Å²) in [7, 11) is 0. The Bertz CT molecular complexity index is 1350. The van der Waals surface area contributed by atoms with E-state index in [0.29, 0.717) is 28.5 Å². The van der Waals surface area contributed by atoms with Crippen molar-refractivity contribution in [1.29, 1.82) is 0 Å². The third-order valence-corrected chi connectivity index (χ3v) is 4.84. The van der Waals surface area contributed by atoms with Crippen LogP contribution in [0.15, 0.2) is 59.7 Å². The van der Waals surface area contributed by atoms with Crippen LogP contribution in [0.25, 0.3) is 11.5 Å². The number of nitrogens with one attached hydrogen (secondary N) is 2. The van der Waals surface area contributed by atoms with Gasteiger partial charge in [0.15, 0.2) is 17.2 Å². The minimum atomic E-state index is -0.588. The number of nitrogens with zero attached hydrogens (tertiary/aromatic N) is 5. The molecular weight excluding hydrogens is 444 g/mol. The molecule has 4 aromatic rings. The molecule has 2 aromatic carbocycles. The SMILES string of the molecule is C=C(NNC(=O)c1nnn(-c2nonc2N)c1COc1ccccc1)c1ccc2c(c1)OCO2. The number of anilines is 1. The number of hydrogen-bond donors (Lipinski definition) is 3. The molecule has 1 amide bonds. The molecule has 34 heavy (non-hydrogen) atoms. The van der Waals surface area contributed by atoms with Gasteiger partial charge in [-0.2, -0.15) is 4.68 Å². The van der Waals surface area contributed by atoms with E-state index in [9.17, 15) is 4.79 Å². The highest BCUT2D eigenvalue weighted by Gasteiger charge is 2.25. The van der Waals surface area contributed by atoms with E-state index in [1.807, 2.05) is 18.2 Å². The van der Waals surface area contributed by atoms with Gasteiger partial charge in [-0.1, -0.05) is 30.0 Å². The van der Waals surface area contributed by atoms with Gasteiger partial charge in [0.1, 0.15) is 18.1 Å². The van der Waals surface area contributed by atoms with Gasteiger partial charge in [-0.3, -0.25) is 15.6 Å². The zero-order valence-corrected chi connectivity index (χ0v) is 17.6. The van der Waals surface area contributed by atoms with E-state index in [4.69, 9.17) is 19.9 Å². The largest absolute Gasteiger partial charge is 0.487 e. The molecule has 5 rings (SSSR count). The average Bonchev–Trinajstić information content (AvgIpc) is 3.60. The summed E-state index contributed by atoms with van der Waals surface area (Å²) < 4.78 is 22.3. The second kappa shape index (κ2) is 8.82. The molecule has 3 heterocycles. The summed E-state index contributed by atoms with van der Waals surface area (Å²) in [6, 6.07) is 14.3. The van der Waals surface area contributed by atoms with Crippen molar-refractivity contribution in [2.24, 2.45) is 0 Å². The van der Waals surface area contributed by atoms with Crippen LogP contribution < -0.4 is 30.8 Å².